The fourth-order valence-electron chi connectivity index (χ4n) is 1.87. The highest BCUT2D eigenvalue weighted by molar-refractivity contribution is 5.88. The van der Waals surface area contributed by atoms with Crippen LogP contribution in [0.25, 0.3) is 0 Å². The first kappa shape index (κ1) is 16.6. The summed E-state index contributed by atoms with van der Waals surface area (Å²) in [6, 6.07) is 0. The number of aromatic nitrogens is 3. The standard InChI is InChI=1S/C14H25N3O3/c1-6-20-14(18)12-13(11(4)5)17(16-15-12)7-8-19-9-10(2)3/h10-11H,6-9H2,1-5H3. The van der Waals surface area contributed by atoms with Crippen molar-refractivity contribution in [1.82, 2.24) is 15.0 Å². The molecule has 0 N–H and O–H groups in total. The van der Waals surface area contributed by atoms with Crippen molar-refractivity contribution in [3.05, 3.63) is 11.4 Å². The average molecular weight is 283 g/mol. The molecule has 0 aliphatic carbocycles. The van der Waals surface area contributed by atoms with E-state index in [1.807, 2.05) is 13.8 Å². The van der Waals surface area contributed by atoms with Gasteiger partial charge in [0.25, 0.3) is 0 Å². The summed E-state index contributed by atoms with van der Waals surface area (Å²) in [7, 11) is 0. The smallest absolute Gasteiger partial charge is 0.360 e. The molecule has 20 heavy (non-hydrogen) atoms. The van der Waals surface area contributed by atoms with E-state index in [1.54, 1.807) is 11.6 Å². The Morgan fingerprint density at radius 1 is 1.30 bits per heavy atom. The second-order valence-electron chi connectivity index (χ2n) is 5.39. The van der Waals surface area contributed by atoms with E-state index in [9.17, 15) is 4.79 Å². The van der Waals surface area contributed by atoms with E-state index < -0.39 is 5.97 Å². The molecule has 0 aliphatic rings. The molecular formula is C14H25N3O3. The maximum atomic E-state index is 11.8. The molecule has 1 aromatic rings. The monoisotopic (exact) mass is 283 g/mol. The number of hydrogen-bond donors (Lipinski definition) is 0. The van der Waals surface area contributed by atoms with E-state index in [2.05, 4.69) is 24.2 Å². The highest BCUT2D eigenvalue weighted by atomic mass is 16.5. The van der Waals surface area contributed by atoms with Gasteiger partial charge in [0, 0.05) is 6.61 Å². The minimum absolute atomic E-state index is 0.148. The Kier molecular flexibility index (Phi) is 6.64. The van der Waals surface area contributed by atoms with Gasteiger partial charge in [0.15, 0.2) is 5.69 Å². The fourth-order valence-corrected chi connectivity index (χ4v) is 1.87. The summed E-state index contributed by atoms with van der Waals surface area (Å²) in [5, 5.41) is 8.00. The van der Waals surface area contributed by atoms with Crippen molar-refractivity contribution in [3.63, 3.8) is 0 Å². The maximum Gasteiger partial charge on any atom is 0.360 e. The number of nitrogens with zero attached hydrogens (tertiary/aromatic N) is 3. The summed E-state index contributed by atoms with van der Waals surface area (Å²) in [5.74, 6) is 0.241. The van der Waals surface area contributed by atoms with Gasteiger partial charge < -0.3 is 9.47 Å². The lowest BCUT2D eigenvalue weighted by Crippen LogP contribution is -2.15. The Balaban J connectivity index is 2.74. The highest BCUT2D eigenvalue weighted by Gasteiger charge is 2.22. The van der Waals surface area contributed by atoms with Crippen LogP contribution in [0.1, 0.15) is 56.7 Å². The average Bonchev–Trinajstić information content (AvgIpc) is 2.78. The number of carbonyl (C=O) groups is 1. The molecule has 0 aliphatic heterocycles. The van der Waals surface area contributed by atoms with E-state index in [0.717, 1.165) is 12.3 Å². The van der Waals surface area contributed by atoms with Gasteiger partial charge in [-0.05, 0) is 18.8 Å². The molecule has 0 spiro atoms. The molecule has 0 amide bonds. The Morgan fingerprint density at radius 2 is 2.00 bits per heavy atom. The molecular weight excluding hydrogens is 258 g/mol. The second-order valence-corrected chi connectivity index (χ2v) is 5.39. The molecule has 6 nitrogen and oxygen atoms in total. The summed E-state index contributed by atoms with van der Waals surface area (Å²) < 4.78 is 12.3. The summed E-state index contributed by atoms with van der Waals surface area (Å²) in [5.41, 5.74) is 1.11. The maximum absolute atomic E-state index is 11.8. The molecule has 0 saturated carbocycles. The summed E-state index contributed by atoms with van der Waals surface area (Å²) in [4.78, 5) is 11.8. The molecule has 6 heteroatoms. The molecule has 0 fully saturated rings. The predicted octanol–water partition coefficient (Wildman–Crippen LogP) is 2.25. The third-order valence-electron chi connectivity index (χ3n) is 2.69. The van der Waals surface area contributed by atoms with Gasteiger partial charge in [-0.3, -0.25) is 0 Å². The Bertz CT molecular complexity index is 427. The van der Waals surface area contributed by atoms with Gasteiger partial charge in [0.1, 0.15) is 0 Å². The van der Waals surface area contributed by atoms with Crippen LogP contribution in [0.4, 0.5) is 0 Å². The van der Waals surface area contributed by atoms with Gasteiger partial charge in [-0.2, -0.15) is 0 Å². The second kappa shape index (κ2) is 7.99. The van der Waals surface area contributed by atoms with Gasteiger partial charge in [0.05, 0.1) is 25.5 Å². The van der Waals surface area contributed by atoms with E-state index in [1.165, 1.54) is 0 Å². The van der Waals surface area contributed by atoms with Crippen LogP contribution in [-0.4, -0.2) is 40.8 Å². The third-order valence-corrected chi connectivity index (χ3v) is 2.69. The first-order valence-electron chi connectivity index (χ1n) is 7.15. The number of rotatable bonds is 8. The van der Waals surface area contributed by atoms with Crippen LogP contribution in [0.3, 0.4) is 0 Å². The molecule has 114 valence electrons. The van der Waals surface area contributed by atoms with Crippen molar-refractivity contribution in [2.75, 3.05) is 19.8 Å². The molecule has 1 heterocycles. The largest absolute Gasteiger partial charge is 0.461 e. The summed E-state index contributed by atoms with van der Waals surface area (Å²) in [6.45, 7) is 12.2. The lowest BCUT2D eigenvalue weighted by atomic mass is 10.1. The SMILES string of the molecule is CCOC(=O)c1nnn(CCOCC(C)C)c1C(C)C. The zero-order chi connectivity index (χ0) is 15.1. The summed E-state index contributed by atoms with van der Waals surface area (Å²) >= 11 is 0. The normalized spacial score (nSPS) is 11.3. The number of ether oxygens (including phenoxy) is 2. The molecule has 0 aromatic carbocycles. The van der Waals surface area contributed by atoms with E-state index >= 15 is 0 Å². The van der Waals surface area contributed by atoms with Crippen molar-refractivity contribution in [2.24, 2.45) is 5.92 Å². The van der Waals surface area contributed by atoms with E-state index in [-0.39, 0.29) is 5.92 Å². The van der Waals surface area contributed by atoms with Gasteiger partial charge in [-0.1, -0.05) is 32.9 Å². The molecule has 0 unspecified atom stereocenters. The lowest BCUT2D eigenvalue weighted by Gasteiger charge is -2.11. The van der Waals surface area contributed by atoms with Crippen LogP contribution in [0.2, 0.25) is 0 Å². The zero-order valence-corrected chi connectivity index (χ0v) is 13.0. The van der Waals surface area contributed by atoms with Crippen LogP contribution in [0.15, 0.2) is 0 Å². The van der Waals surface area contributed by atoms with Crippen molar-refractivity contribution in [1.29, 1.82) is 0 Å². The lowest BCUT2D eigenvalue weighted by molar-refractivity contribution is 0.0517. The first-order chi connectivity index (χ1) is 9.47. The molecule has 0 radical (unpaired) electrons. The number of hydrogen-bond acceptors (Lipinski definition) is 5. The highest BCUT2D eigenvalue weighted by Crippen LogP contribution is 2.18. The van der Waals surface area contributed by atoms with Crippen LogP contribution in [-0.2, 0) is 16.0 Å². The fraction of sp³-hybridized carbons (Fsp3) is 0.786. The molecule has 1 rings (SSSR count). The van der Waals surface area contributed by atoms with Crippen molar-refractivity contribution >= 4 is 5.97 Å². The van der Waals surface area contributed by atoms with E-state index in [0.29, 0.717) is 31.4 Å². The number of carbonyl (C=O) groups excluding carboxylic acids is 1. The molecule has 1 aromatic heterocycles. The number of esters is 1. The quantitative estimate of drug-likeness (QED) is 0.541. The van der Waals surface area contributed by atoms with Gasteiger partial charge in [-0.15, -0.1) is 5.10 Å². The summed E-state index contributed by atoms with van der Waals surface area (Å²) in [6.07, 6.45) is 0. The Morgan fingerprint density at radius 3 is 2.55 bits per heavy atom. The van der Waals surface area contributed by atoms with Gasteiger partial charge in [-0.25, -0.2) is 9.48 Å². The minimum Gasteiger partial charge on any atom is -0.461 e. The first-order valence-corrected chi connectivity index (χ1v) is 7.15. The Hall–Kier alpha value is -1.43. The van der Waals surface area contributed by atoms with Crippen LogP contribution in [0, 0.1) is 5.92 Å². The Labute approximate surface area is 120 Å². The van der Waals surface area contributed by atoms with E-state index in [4.69, 9.17) is 9.47 Å². The molecule has 0 bridgehead atoms. The van der Waals surface area contributed by atoms with Gasteiger partial charge >= 0.3 is 5.97 Å². The van der Waals surface area contributed by atoms with Crippen molar-refractivity contribution < 1.29 is 14.3 Å². The molecule has 0 atom stereocenters. The van der Waals surface area contributed by atoms with Crippen LogP contribution >= 0.6 is 0 Å². The third kappa shape index (κ3) is 4.59. The molecule has 0 saturated heterocycles. The minimum atomic E-state index is -0.412. The van der Waals surface area contributed by atoms with Crippen molar-refractivity contribution in [3.8, 4) is 0 Å². The predicted molar refractivity (Wildman–Crippen MR) is 75.7 cm³/mol. The van der Waals surface area contributed by atoms with Crippen LogP contribution in [0.5, 0.6) is 0 Å². The topological polar surface area (TPSA) is 66.2 Å². The van der Waals surface area contributed by atoms with Gasteiger partial charge in [0.2, 0.25) is 0 Å². The van der Waals surface area contributed by atoms with Crippen molar-refractivity contribution in [2.45, 2.75) is 47.1 Å². The van der Waals surface area contributed by atoms with Crippen LogP contribution < -0.4 is 0 Å². The zero-order valence-electron chi connectivity index (χ0n) is 13.0.